The van der Waals surface area contributed by atoms with Crippen LogP contribution in [0.2, 0.25) is 0 Å². The summed E-state index contributed by atoms with van der Waals surface area (Å²) in [4.78, 5) is 33.7. The molecule has 0 bridgehead atoms. The van der Waals surface area contributed by atoms with E-state index < -0.39 is 17.8 Å². The Morgan fingerprint density at radius 2 is 1.87 bits per heavy atom. The average molecular weight is 415 g/mol. The van der Waals surface area contributed by atoms with Crippen molar-refractivity contribution in [3.8, 4) is 0 Å². The van der Waals surface area contributed by atoms with Crippen LogP contribution in [0.1, 0.15) is 48.7 Å². The van der Waals surface area contributed by atoms with Gasteiger partial charge in [0.15, 0.2) is 0 Å². The number of nitrogens with zero attached hydrogens (tertiary/aromatic N) is 4. The number of halogens is 2. The Balaban J connectivity index is 1.98. The molecule has 0 aliphatic rings. The van der Waals surface area contributed by atoms with Crippen LogP contribution in [0.5, 0.6) is 0 Å². The van der Waals surface area contributed by atoms with E-state index in [4.69, 9.17) is 0 Å². The summed E-state index contributed by atoms with van der Waals surface area (Å²) in [6.07, 6.45) is -0.923. The maximum absolute atomic E-state index is 13.0. The molecule has 0 aliphatic heterocycles. The zero-order valence-electron chi connectivity index (χ0n) is 17.0. The van der Waals surface area contributed by atoms with Gasteiger partial charge in [-0.05, 0) is 44.0 Å². The quantitative estimate of drug-likeness (QED) is 0.640. The minimum absolute atomic E-state index is 0.0740. The highest BCUT2D eigenvalue weighted by Crippen LogP contribution is 2.19. The van der Waals surface area contributed by atoms with Crippen molar-refractivity contribution in [2.24, 2.45) is 0 Å². The van der Waals surface area contributed by atoms with Crippen LogP contribution in [0.4, 0.5) is 14.7 Å². The fraction of sp³-hybridized carbons (Fsp3) is 0.333. The van der Waals surface area contributed by atoms with Crippen LogP contribution in [0.25, 0.3) is 0 Å². The maximum Gasteiger partial charge on any atom is 0.355 e. The van der Waals surface area contributed by atoms with Gasteiger partial charge >= 0.3 is 11.4 Å². The van der Waals surface area contributed by atoms with Crippen molar-refractivity contribution in [1.29, 1.82) is 0 Å². The molecular weight excluding hydrogens is 392 g/mol. The zero-order chi connectivity index (χ0) is 21.8. The predicted molar refractivity (Wildman–Crippen MR) is 110 cm³/mol. The molecule has 1 aromatic carbocycles. The summed E-state index contributed by atoms with van der Waals surface area (Å²) in [6.45, 7) is 5.60. The largest absolute Gasteiger partial charge is 0.355 e. The summed E-state index contributed by atoms with van der Waals surface area (Å²) in [7, 11) is 0. The molecule has 158 valence electrons. The molecule has 0 unspecified atom stereocenters. The first-order valence-corrected chi connectivity index (χ1v) is 9.52. The van der Waals surface area contributed by atoms with Crippen molar-refractivity contribution in [2.45, 2.75) is 46.3 Å². The molecule has 0 radical (unpaired) electrons. The molecule has 0 amide bonds. The highest BCUT2D eigenvalue weighted by atomic mass is 19.3. The van der Waals surface area contributed by atoms with Crippen LogP contribution < -0.4 is 16.7 Å². The highest BCUT2D eigenvalue weighted by molar-refractivity contribution is 5.31. The molecule has 9 heteroatoms. The fourth-order valence-corrected chi connectivity index (χ4v) is 3.02. The minimum atomic E-state index is -2.58. The molecule has 0 saturated carbocycles. The number of hydrogen-bond acceptors (Lipinski definition) is 5. The van der Waals surface area contributed by atoms with E-state index in [1.54, 1.807) is 26.1 Å². The van der Waals surface area contributed by atoms with Gasteiger partial charge in [-0.3, -0.25) is 9.55 Å². The van der Waals surface area contributed by atoms with Gasteiger partial charge in [0.25, 0.3) is 6.43 Å². The van der Waals surface area contributed by atoms with E-state index in [9.17, 15) is 18.4 Å². The monoisotopic (exact) mass is 415 g/mol. The Labute approximate surface area is 172 Å². The van der Waals surface area contributed by atoms with Crippen molar-refractivity contribution in [3.05, 3.63) is 85.9 Å². The molecule has 1 N–H and O–H groups in total. The molecule has 2 aromatic heterocycles. The Morgan fingerprint density at radius 3 is 2.50 bits per heavy atom. The molecular formula is C21H23F2N5O2. The third-order valence-corrected chi connectivity index (χ3v) is 4.58. The van der Waals surface area contributed by atoms with Crippen LogP contribution in [0.3, 0.4) is 0 Å². The lowest BCUT2D eigenvalue weighted by atomic mass is 10.1. The SMILES string of the molecule is Cc1ccc(Cn2c(NCc3cccc(C(F)F)c3)nc(=O)n(C(C)C)c2=O)cn1. The smallest absolute Gasteiger partial charge is 0.351 e. The fourth-order valence-electron chi connectivity index (χ4n) is 3.02. The summed E-state index contributed by atoms with van der Waals surface area (Å²) in [5.74, 6) is 0.0740. The Bertz CT molecular complexity index is 1140. The van der Waals surface area contributed by atoms with Gasteiger partial charge in [-0.2, -0.15) is 4.98 Å². The van der Waals surface area contributed by atoms with Crippen molar-refractivity contribution < 1.29 is 8.78 Å². The molecule has 0 aliphatic carbocycles. The second-order valence-corrected chi connectivity index (χ2v) is 7.26. The number of benzene rings is 1. The Hall–Kier alpha value is -3.36. The molecule has 3 rings (SSSR count). The van der Waals surface area contributed by atoms with Gasteiger partial charge in [0, 0.05) is 30.0 Å². The Kier molecular flexibility index (Phi) is 6.39. The van der Waals surface area contributed by atoms with E-state index in [2.05, 4.69) is 15.3 Å². The first-order valence-electron chi connectivity index (χ1n) is 9.52. The van der Waals surface area contributed by atoms with Crippen LogP contribution in [0.15, 0.2) is 52.2 Å². The normalized spacial score (nSPS) is 11.3. The maximum atomic E-state index is 13.0. The second-order valence-electron chi connectivity index (χ2n) is 7.26. The van der Waals surface area contributed by atoms with Gasteiger partial charge in [-0.15, -0.1) is 0 Å². The number of rotatable bonds is 7. The van der Waals surface area contributed by atoms with Crippen molar-refractivity contribution >= 4 is 5.95 Å². The van der Waals surface area contributed by atoms with E-state index in [1.807, 2.05) is 19.1 Å². The lowest BCUT2D eigenvalue weighted by molar-refractivity contribution is 0.151. The van der Waals surface area contributed by atoms with Gasteiger partial charge in [0.1, 0.15) is 0 Å². The van der Waals surface area contributed by atoms with E-state index in [0.717, 1.165) is 15.8 Å². The number of anilines is 1. The van der Waals surface area contributed by atoms with Gasteiger partial charge in [-0.25, -0.2) is 22.9 Å². The summed E-state index contributed by atoms with van der Waals surface area (Å²) in [6, 6.07) is 9.24. The molecule has 0 fully saturated rings. The summed E-state index contributed by atoms with van der Waals surface area (Å²) in [5.41, 5.74) is 0.917. The molecule has 0 atom stereocenters. The Morgan fingerprint density at radius 1 is 1.10 bits per heavy atom. The van der Waals surface area contributed by atoms with Gasteiger partial charge in [0.05, 0.1) is 6.54 Å². The molecule has 2 heterocycles. The molecule has 7 nitrogen and oxygen atoms in total. The molecule has 0 spiro atoms. The van der Waals surface area contributed by atoms with Gasteiger partial charge in [0.2, 0.25) is 5.95 Å². The molecule has 3 aromatic rings. The average Bonchev–Trinajstić information content (AvgIpc) is 2.70. The van der Waals surface area contributed by atoms with E-state index in [1.165, 1.54) is 22.8 Å². The summed E-state index contributed by atoms with van der Waals surface area (Å²) < 4.78 is 28.3. The molecule has 30 heavy (non-hydrogen) atoms. The van der Waals surface area contributed by atoms with Crippen LogP contribution in [-0.2, 0) is 13.1 Å². The van der Waals surface area contributed by atoms with Crippen LogP contribution in [0, 0.1) is 6.92 Å². The van der Waals surface area contributed by atoms with E-state index in [-0.39, 0.29) is 30.6 Å². The van der Waals surface area contributed by atoms with Crippen LogP contribution in [-0.4, -0.2) is 19.1 Å². The van der Waals surface area contributed by atoms with E-state index in [0.29, 0.717) is 5.56 Å². The topological polar surface area (TPSA) is 81.8 Å². The molecule has 0 saturated heterocycles. The van der Waals surface area contributed by atoms with Crippen molar-refractivity contribution in [2.75, 3.05) is 5.32 Å². The van der Waals surface area contributed by atoms with Gasteiger partial charge in [-0.1, -0.05) is 24.3 Å². The minimum Gasteiger partial charge on any atom is -0.351 e. The van der Waals surface area contributed by atoms with Crippen molar-refractivity contribution in [3.63, 3.8) is 0 Å². The third kappa shape index (κ3) is 4.79. The summed E-state index contributed by atoms with van der Waals surface area (Å²) in [5, 5.41) is 2.95. The summed E-state index contributed by atoms with van der Waals surface area (Å²) >= 11 is 0. The van der Waals surface area contributed by atoms with Crippen molar-refractivity contribution in [1.82, 2.24) is 19.1 Å². The predicted octanol–water partition coefficient (Wildman–Crippen LogP) is 3.29. The number of pyridine rings is 1. The number of aryl methyl sites for hydroxylation is 1. The standard InChI is InChI=1S/C21H23F2N5O2/c1-13(2)28-20(29)26-19(25-10-15-5-4-6-17(9-15)18(22)23)27(21(28)30)12-16-8-7-14(3)24-11-16/h4-9,11,13,18H,10,12H2,1-3H3,(H,25,26,29). The number of nitrogens with one attached hydrogen (secondary N) is 1. The first-order chi connectivity index (χ1) is 14.3. The second kappa shape index (κ2) is 8.98. The number of hydrogen-bond donors (Lipinski definition) is 1. The van der Waals surface area contributed by atoms with Gasteiger partial charge < -0.3 is 5.32 Å². The third-order valence-electron chi connectivity index (χ3n) is 4.58. The lowest BCUT2D eigenvalue weighted by Gasteiger charge is -2.17. The number of alkyl halides is 2. The van der Waals surface area contributed by atoms with E-state index >= 15 is 0 Å². The van der Waals surface area contributed by atoms with Crippen LogP contribution >= 0.6 is 0 Å². The number of aromatic nitrogens is 4. The highest BCUT2D eigenvalue weighted by Gasteiger charge is 2.16. The zero-order valence-corrected chi connectivity index (χ0v) is 17.0. The first kappa shape index (κ1) is 21.4. The lowest BCUT2D eigenvalue weighted by Crippen LogP contribution is -2.43.